The van der Waals surface area contributed by atoms with Gasteiger partial charge in [-0.2, -0.15) is 0 Å². The van der Waals surface area contributed by atoms with Gasteiger partial charge in [0.1, 0.15) is 0 Å². The van der Waals surface area contributed by atoms with Crippen molar-refractivity contribution in [1.29, 1.82) is 0 Å². The third-order valence-corrected chi connectivity index (χ3v) is 0.678. The van der Waals surface area contributed by atoms with Crippen LogP contribution in [0.25, 0.3) is 0 Å². The molecule has 0 fully saturated rings. The van der Waals surface area contributed by atoms with E-state index < -0.39 is 0 Å². The van der Waals surface area contributed by atoms with Crippen LogP contribution in [0, 0.1) is 0 Å². The molecule has 8 heavy (non-hydrogen) atoms. The number of allylic oxidation sites excluding steroid dienone is 1. The molecular weight excluding hydrogens is 124 g/mol. The van der Waals surface area contributed by atoms with Crippen LogP contribution < -0.4 is 0 Å². The van der Waals surface area contributed by atoms with Crippen molar-refractivity contribution in [3.63, 3.8) is 0 Å². The predicted molar refractivity (Wildman–Crippen MR) is 37.7 cm³/mol. The van der Waals surface area contributed by atoms with Crippen LogP contribution in [0.2, 0.25) is 0 Å². The van der Waals surface area contributed by atoms with Crippen LogP contribution in [-0.4, -0.2) is 12.0 Å². The summed E-state index contributed by atoms with van der Waals surface area (Å²) in [4.78, 5) is 6.97. The summed E-state index contributed by atoms with van der Waals surface area (Å²) < 4.78 is 0. The highest BCUT2D eigenvalue weighted by Gasteiger charge is 1.76. The van der Waals surface area contributed by atoms with Crippen LogP contribution in [0.15, 0.2) is 22.3 Å². The molecule has 0 aliphatic rings. The molecule has 0 radical (unpaired) electrons. The molecule has 0 heterocycles. The van der Waals surface area contributed by atoms with Crippen molar-refractivity contribution in [2.45, 2.75) is 6.92 Å². The van der Waals surface area contributed by atoms with E-state index in [-0.39, 0.29) is 5.29 Å². The normalized spacial score (nSPS) is 12.5. The average Bonchev–Trinajstić information content (AvgIpc) is 1.83. The Bertz CT molecular complexity index is 126. The van der Waals surface area contributed by atoms with Gasteiger partial charge in [-0.15, -0.1) is 0 Å². The van der Waals surface area contributed by atoms with Gasteiger partial charge in [-0.05, 0) is 25.2 Å². The van der Waals surface area contributed by atoms with Gasteiger partial charge in [0.25, 0.3) is 0 Å². The fraction of sp³-hybridized carbons (Fsp3) is 0.200. The first-order chi connectivity index (χ1) is 3.81. The van der Waals surface area contributed by atoms with E-state index in [0.717, 1.165) is 0 Å². The van der Waals surface area contributed by atoms with E-state index in [9.17, 15) is 0 Å². The number of hydrogen-bond donors (Lipinski definition) is 0. The first kappa shape index (κ1) is 7.37. The molecular formula is C5H7ClN2. The van der Waals surface area contributed by atoms with Crippen LogP contribution in [0.1, 0.15) is 6.92 Å². The second-order valence-corrected chi connectivity index (χ2v) is 1.38. The SMILES string of the molecule is C=NC(Cl)=N/C=C\C. The number of nitrogens with zero attached hydrogens (tertiary/aromatic N) is 2. The van der Waals surface area contributed by atoms with Gasteiger partial charge in [-0.1, -0.05) is 6.08 Å². The van der Waals surface area contributed by atoms with E-state index in [1.165, 1.54) is 0 Å². The highest BCUT2D eigenvalue weighted by atomic mass is 35.5. The van der Waals surface area contributed by atoms with Crippen molar-refractivity contribution < 1.29 is 0 Å². The van der Waals surface area contributed by atoms with Gasteiger partial charge >= 0.3 is 0 Å². The second-order valence-electron chi connectivity index (χ2n) is 1.04. The lowest BCUT2D eigenvalue weighted by atomic mass is 10.7. The third-order valence-electron chi connectivity index (χ3n) is 0.461. The molecule has 0 aromatic carbocycles. The zero-order valence-electron chi connectivity index (χ0n) is 4.63. The fourth-order valence-electron chi connectivity index (χ4n) is 0.177. The maximum absolute atomic E-state index is 5.31. The highest BCUT2D eigenvalue weighted by Crippen LogP contribution is 1.86. The summed E-state index contributed by atoms with van der Waals surface area (Å²) in [6.07, 6.45) is 3.31. The van der Waals surface area contributed by atoms with Gasteiger partial charge in [0, 0.05) is 6.20 Å². The Kier molecular flexibility index (Phi) is 4.17. The third kappa shape index (κ3) is 3.56. The standard InChI is InChI=1S/C5H7ClN2/c1-3-4-8-5(6)7-2/h3-4H,2H2,1H3/b4-3-,8-5?. The molecule has 0 aliphatic heterocycles. The minimum atomic E-state index is 0.170. The van der Waals surface area contributed by atoms with Crippen molar-refractivity contribution in [3.8, 4) is 0 Å². The van der Waals surface area contributed by atoms with Crippen LogP contribution >= 0.6 is 11.6 Å². The number of amidine groups is 1. The van der Waals surface area contributed by atoms with Gasteiger partial charge < -0.3 is 0 Å². The molecule has 0 bridgehead atoms. The van der Waals surface area contributed by atoms with E-state index in [1.807, 2.05) is 6.92 Å². The Morgan fingerprint density at radius 2 is 2.38 bits per heavy atom. The van der Waals surface area contributed by atoms with Gasteiger partial charge in [-0.25, -0.2) is 9.98 Å². The fourth-order valence-corrected chi connectivity index (χ4v) is 0.233. The predicted octanol–water partition coefficient (Wildman–Crippen LogP) is 1.82. The summed E-state index contributed by atoms with van der Waals surface area (Å²) in [5, 5.41) is 0.170. The first-order valence-electron chi connectivity index (χ1n) is 2.12. The minimum Gasteiger partial charge on any atom is -0.235 e. The monoisotopic (exact) mass is 130 g/mol. The molecule has 0 rings (SSSR count). The van der Waals surface area contributed by atoms with Crippen molar-refractivity contribution in [2.24, 2.45) is 9.98 Å². The number of rotatable bonds is 1. The lowest BCUT2D eigenvalue weighted by Crippen LogP contribution is -1.73. The summed E-state index contributed by atoms with van der Waals surface area (Å²) >= 11 is 5.31. The Balaban J connectivity index is 3.74. The van der Waals surface area contributed by atoms with Crippen LogP contribution in [0.3, 0.4) is 0 Å². The maximum atomic E-state index is 5.31. The van der Waals surface area contributed by atoms with Gasteiger partial charge in [-0.3, -0.25) is 0 Å². The summed E-state index contributed by atoms with van der Waals surface area (Å²) in [6.45, 7) is 5.01. The van der Waals surface area contributed by atoms with Crippen molar-refractivity contribution in [2.75, 3.05) is 0 Å². The largest absolute Gasteiger partial charge is 0.235 e. The molecule has 2 nitrogen and oxygen atoms in total. The summed E-state index contributed by atoms with van der Waals surface area (Å²) in [5.74, 6) is 0. The summed E-state index contributed by atoms with van der Waals surface area (Å²) in [7, 11) is 0. The molecule has 0 aromatic heterocycles. The van der Waals surface area contributed by atoms with Gasteiger partial charge in [0.2, 0.25) is 5.29 Å². The minimum absolute atomic E-state index is 0.170. The smallest absolute Gasteiger partial charge is 0.221 e. The zero-order valence-corrected chi connectivity index (χ0v) is 5.39. The van der Waals surface area contributed by atoms with Gasteiger partial charge in [0.05, 0.1) is 0 Å². The first-order valence-corrected chi connectivity index (χ1v) is 2.50. The molecule has 0 saturated heterocycles. The lowest BCUT2D eigenvalue weighted by Gasteiger charge is -1.77. The molecule has 0 N–H and O–H groups in total. The van der Waals surface area contributed by atoms with Crippen molar-refractivity contribution >= 4 is 23.6 Å². The molecule has 0 saturated carbocycles. The Hall–Kier alpha value is -0.630. The lowest BCUT2D eigenvalue weighted by molar-refractivity contribution is 1.51. The maximum Gasteiger partial charge on any atom is 0.221 e. The Labute approximate surface area is 53.6 Å². The Morgan fingerprint density at radius 3 is 2.75 bits per heavy atom. The second kappa shape index (κ2) is 4.53. The van der Waals surface area contributed by atoms with Gasteiger partial charge in [0.15, 0.2) is 0 Å². The van der Waals surface area contributed by atoms with Crippen LogP contribution in [0.5, 0.6) is 0 Å². The molecule has 44 valence electrons. The average molecular weight is 131 g/mol. The van der Waals surface area contributed by atoms with E-state index in [2.05, 4.69) is 16.7 Å². The Morgan fingerprint density at radius 1 is 1.75 bits per heavy atom. The molecule has 0 unspecified atom stereocenters. The summed E-state index contributed by atoms with van der Waals surface area (Å²) in [5.41, 5.74) is 0. The van der Waals surface area contributed by atoms with E-state index in [4.69, 9.17) is 11.6 Å². The molecule has 0 spiro atoms. The number of hydrogen-bond acceptors (Lipinski definition) is 1. The number of halogens is 1. The molecule has 0 atom stereocenters. The van der Waals surface area contributed by atoms with Crippen molar-refractivity contribution in [1.82, 2.24) is 0 Å². The number of aliphatic imine (C=N–C) groups is 2. The summed E-state index contributed by atoms with van der Waals surface area (Å²) in [6, 6.07) is 0. The topological polar surface area (TPSA) is 24.7 Å². The van der Waals surface area contributed by atoms with E-state index >= 15 is 0 Å². The highest BCUT2D eigenvalue weighted by molar-refractivity contribution is 6.65. The quantitative estimate of drug-likeness (QED) is 0.294. The molecule has 0 aromatic rings. The zero-order chi connectivity index (χ0) is 6.41. The molecule has 0 aliphatic carbocycles. The van der Waals surface area contributed by atoms with Crippen LogP contribution in [0.4, 0.5) is 0 Å². The van der Waals surface area contributed by atoms with E-state index in [0.29, 0.717) is 0 Å². The van der Waals surface area contributed by atoms with Crippen molar-refractivity contribution in [3.05, 3.63) is 12.3 Å². The molecule has 3 heteroatoms. The molecule has 0 amide bonds. The van der Waals surface area contributed by atoms with E-state index in [1.54, 1.807) is 12.3 Å². The van der Waals surface area contributed by atoms with Crippen LogP contribution in [-0.2, 0) is 0 Å².